The molecule has 136 valence electrons. The van der Waals surface area contributed by atoms with Crippen molar-refractivity contribution in [2.45, 2.75) is 51.4 Å². The number of halogens is 2. The molecule has 0 spiro atoms. The van der Waals surface area contributed by atoms with Crippen LogP contribution in [-0.2, 0) is 9.59 Å². The number of ketones is 1. The van der Waals surface area contributed by atoms with Gasteiger partial charge in [-0.3, -0.25) is 9.59 Å². The zero-order valence-electron chi connectivity index (χ0n) is 14.2. The molecular formula is C20H24Cl2O3. The van der Waals surface area contributed by atoms with Gasteiger partial charge in [0.2, 0.25) is 0 Å². The van der Waals surface area contributed by atoms with Crippen molar-refractivity contribution < 1.29 is 14.7 Å². The van der Waals surface area contributed by atoms with E-state index in [1.165, 1.54) is 0 Å². The standard InChI is InChI=1S/C20H24Cl2O3/c21-17-8-5-6-15(20(17)22)11-10-14-12-13-18(23)16(14)7-3-1-2-4-9-19(24)25/h5-6,8,10-11,14,16H,1-4,7,9,12-13H2,(H,24,25). The molecule has 0 bridgehead atoms. The molecule has 2 unspecified atom stereocenters. The van der Waals surface area contributed by atoms with E-state index in [4.69, 9.17) is 28.3 Å². The molecule has 0 heterocycles. The second kappa shape index (κ2) is 9.98. The number of unbranched alkanes of at least 4 members (excludes halogenated alkanes) is 3. The van der Waals surface area contributed by atoms with Crippen LogP contribution in [0.25, 0.3) is 6.08 Å². The van der Waals surface area contributed by atoms with Crippen LogP contribution in [0.4, 0.5) is 0 Å². The maximum absolute atomic E-state index is 12.2. The lowest BCUT2D eigenvalue weighted by molar-refractivity contribution is -0.137. The highest BCUT2D eigenvalue weighted by Gasteiger charge is 2.32. The van der Waals surface area contributed by atoms with Crippen molar-refractivity contribution in [1.82, 2.24) is 0 Å². The van der Waals surface area contributed by atoms with Gasteiger partial charge < -0.3 is 5.11 Å². The van der Waals surface area contributed by atoms with Crippen LogP contribution in [0.3, 0.4) is 0 Å². The molecule has 1 aromatic rings. The van der Waals surface area contributed by atoms with Gasteiger partial charge in [-0.05, 0) is 36.8 Å². The Bertz CT molecular complexity index is 640. The van der Waals surface area contributed by atoms with E-state index in [2.05, 4.69) is 6.08 Å². The molecule has 1 saturated carbocycles. The number of carboxylic acids is 1. The predicted octanol–water partition coefficient (Wildman–Crippen LogP) is 6.03. The van der Waals surface area contributed by atoms with Crippen molar-refractivity contribution >= 4 is 41.0 Å². The summed E-state index contributed by atoms with van der Waals surface area (Å²) in [7, 11) is 0. The Hall–Kier alpha value is -1.32. The van der Waals surface area contributed by atoms with E-state index in [0.29, 0.717) is 28.7 Å². The lowest BCUT2D eigenvalue weighted by Crippen LogP contribution is -2.13. The van der Waals surface area contributed by atoms with Crippen molar-refractivity contribution in [3.05, 3.63) is 39.9 Å². The van der Waals surface area contributed by atoms with Crippen LogP contribution >= 0.6 is 23.2 Å². The van der Waals surface area contributed by atoms with Crippen LogP contribution in [-0.4, -0.2) is 16.9 Å². The van der Waals surface area contributed by atoms with Crippen molar-refractivity contribution in [2.24, 2.45) is 11.8 Å². The molecule has 0 radical (unpaired) electrons. The minimum atomic E-state index is -0.740. The predicted molar refractivity (Wildman–Crippen MR) is 102 cm³/mol. The summed E-state index contributed by atoms with van der Waals surface area (Å²) in [5.74, 6) is -0.0662. The maximum Gasteiger partial charge on any atom is 0.303 e. The average molecular weight is 383 g/mol. The number of hydrogen-bond acceptors (Lipinski definition) is 2. The maximum atomic E-state index is 12.2. The highest BCUT2D eigenvalue weighted by molar-refractivity contribution is 6.42. The summed E-state index contributed by atoms with van der Waals surface area (Å²) in [5, 5.41) is 9.70. The summed E-state index contributed by atoms with van der Waals surface area (Å²) >= 11 is 12.2. The van der Waals surface area contributed by atoms with Gasteiger partial charge in [-0.15, -0.1) is 0 Å². The van der Waals surface area contributed by atoms with E-state index < -0.39 is 5.97 Å². The number of carbonyl (C=O) groups excluding carboxylic acids is 1. The number of rotatable bonds is 9. The summed E-state index contributed by atoms with van der Waals surface area (Å²) in [6.45, 7) is 0. The van der Waals surface area contributed by atoms with E-state index in [-0.39, 0.29) is 18.3 Å². The number of carboxylic acid groups (broad SMARTS) is 1. The molecule has 1 N–H and O–H groups in total. The Morgan fingerprint density at radius 2 is 1.96 bits per heavy atom. The summed E-state index contributed by atoms with van der Waals surface area (Å²) in [6, 6.07) is 5.54. The minimum Gasteiger partial charge on any atom is -0.481 e. The largest absolute Gasteiger partial charge is 0.481 e. The van der Waals surface area contributed by atoms with Gasteiger partial charge in [0.05, 0.1) is 10.0 Å². The summed E-state index contributed by atoms with van der Waals surface area (Å²) in [4.78, 5) is 22.7. The third-order valence-corrected chi connectivity index (χ3v) is 5.65. The van der Waals surface area contributed by atoms with Crippen molar-refractivity contribution in [3.8, 4) is 0 Å². The third kappa shape index (κ3) is 6.16. The topological polar surface area (TPSA) is 54.4 Å². The average Bonchev–Trinajstić information content (AvgIpc) is 2.92. The molecule has 0 saturated heterocycles. The van der Waals surface area contributed by atoms with Gasteiger partial charge in [0.15, 0.2) is 0 Å². The van der Waals surface area contributed by atoms with Crippen molar-refractivity contribution in [1.29, 1.82) is 0 Å². The third-order valence-electron chi connectivity index (χ3n) is 4.81. The Morgan fingerprint density at radius 1 is 1.20 bits per heavy atom. The van der Waals surface area contributed by atoms with Gasteiger partial charge >= 0.3 is 5.97 Å². The summed E-state index contributed by atoms with van der Waals surface area (Å²) in [5.41, 5.74) is 0.876. The lowest BCUT2D eigenvalue weighted by atomic mass is 9.89. The van der Waals surface area contributed by atoms with Crippen molar-refractivity contribution in [3.63, 3.8) is 0 Å². The molecule has 2 rings (SSSR count). The minimum absolute atomic E-state index is 0.0775. The quantitative estimate of drug-likeness (QED) is 0.530. The van der Waals surface area contributed by atoms with Crippen LogP contribution < -0.4 is 0 Å². The molecule has 2 atom stereocenters. The van der Waals surface area contributed by atoms with Crippen LogP contribution in [0.5, 0.6) is 0 Å². The second-order valence-corrected chi connectivity index (χ2v) is 7.41. The van der Waals surface area contributed by atoms with Crippen molar-refractivity contribution in [2.75, 3.05) is 0 Å². The van der Waals surface area contributed by atoms with Crippen LogP contribution in [0.1, 0.15) is 56.9 Å². The zero-order valence-corrected chi connectivity index (χ0v) is 15.7. The molecule has 0 aromatic heterocycles. The van der Waals surface area contributed by atoms with E-state index >= 15 is 0 Å². The fraction of sp³-hybridized carbons (Fsp3) is 0.500. The fourth-order valence-corrected chi connectivity index (χ4v) is 3.78. The molecular weight excluding hydrogens is 359 g/mol. The van der Waals surface area contributed by atoms with Gasteiger partial charge in [-0.1, -0.05) is 66.7 Å². The first kappa shape index (κ1) is 20.0. The number of hydrogen-bond donors (Lipinski definition) is 1. The second-order valence-electron chi connectivity index (χ2n) is 6.62. The van der Waals surface area contributed by atoms with E-state index in [1.807, 2.05) is 18.2 Å². The molecule has 1 aliphatic carbocycles. The number of Topliss-reactive ketones (excluding diaryl/α,β-unsaturated/α-hetero) is 1. The smallest absolute Gasteiger partial charge is 0.303 e. The summed E-state index contributed by atoms with van der Waals surface area (Å²) in [6.07, 6.45) is 10.3. The highest BCUT2D eigenvalue weighted by Crippen LogP contribution is 2.35. The monoisotopic (exact) mass is 382 g/mol. The van der Waals surface area contributed by atoms with Gasteiger partial charge in [0, 0.05) is 18.8 Å². The number of aliphatic carboxylic acids is 1. The van der Waals surface area contributed by atoms with Crippen LogP contribution in [0.2, 0.25) is 10.0 Å². The molecule has 1 aliphatic rings. The Labute approximate surface area is 159 Å². The van der Waals surface area contributed by atoms with Gasteiger partial charge in [0.25, 0.3) is 0 Å². The first-order chi connectivity index (χ1) is 12.0. The van der Waals surface area contributed by atoms with Gasteiger partial charge in [-0.25, -0.2) is 0 Å². The Kier molecular flexibility index (Phi) is 7.98. The van der Waals surface area contributed by atoms with Crippen LogP contribution in [0.15, 0.2) is 24.3 Å². The Morgan fingerprint density at radius 3 is 2.72 bits per heavy atom. The molecule has 1 fully saturated rings. The van der Waals surface area contributed by atoms with E-state index in [0.717, 1.165) is 37.7 Å². The highest BCUT2D eigenvalue weighted by atomic mass is 35.5. The van der Waals surface area contributed by atoms with Gasteiger partial charge in [-0.2, -0.15) is 0 Å². The van der Waals surface area contributed by atoms with Gasteiger partial charge in [0.1, 0.15) is 5.78 Å². The zero-order chi connectivity index (χ0) is 18.2. The number of carbonyl (C=O) groups is 2. The molecule has 1 aromatic carbocycles. The molecule has 0 amide bonds. The Balaban J connectivity index is 1.85. The molecule has 0 aliphatic heterocycles. The number of allylic oxidation sites excluding steroid dienone is 1. The fourth-order valence-electron chi connectivity index (χ4n) is 3.41. The van der Waals surface area contributed by atoms with Crippen LogP contribution in [0, 0.1) is 11.8 Å². The SMILES string of the molecule is O=C(O)CCCCCCC1C(=O)CCC1C=Cc1cccc(Cl)c1Cl. The normalized spacial score (nSPS) is 20.5. The first-order valence-corrected chi connectivity index (χ1v) is 9.61. The molecule has 5 heteroatoms. The lowest BCUT2D eigenvalue weighted by Gasteiger charge is -2.15. The van der Waals surface area contributed by atoms with E-state index in [9.17, 15) is 9.59 Å². The van der Waals surface area contributed by atoms with E-state index in [1.54, 1.807) is 6.07 Å². The molecule has 25 heavy (non-hydrogen) atoms. The first-order valence-electron chi connectivity index (χ1n) is 8.85. The summed E-state index contributed by atoms with van der Waals surface area (Å²) < 4.78 is 0. The molecule has 3 nitrogen and oxygen atoms in total. The number of benzene rings is 1.